The lowest BCUT2D eigenvalue weighted by atomic mass is 10.0. The summed E-state index contributed by atoms with van der Waals surface area (Å²) in [7, 11) is 0. The van der Waals surface area contributed by atoms with Gasteiger partial charge in [-0.3, -0.25) is 0 Å². The maximum absolute atomic E-state index is 2.37. The zero-order valence-corrected chi connectivity index (χ0v) is 24.2. The molecule has 0 aliphatic heterocycles. The number of para-hydroxylation sites is 3. The molecule has 7 aromatic carbocycles. The van der Waals surface area contributed by atoms with E-state index in [0.29, 0.717) is 0 Å². The molecular formula is C42H30N2. The van der Waals surface area contributed by atoms with Crippen LogP contribution in [0.15, 0.2) is 182 Å². The van der Waals surface area contributed by atoms with Crippen LogP contribution >= 0.6 is 0 Å². The summed E-state index contributed by atoms with van der Waals surface area (Å²) >= 11 is 0. The molecule has 2 nitrogen and oxygen atoms in total. The quantitative estimate of drug-likeness (QED) is 0.196. The third-order valence-corrected chi connectivity index (χ3v) is 8.39. The Morgan fingerprint density at radius 3 is 1.43 bits per heavy atom. The molecule has 0 saturated carbocycles. The third-order valence-electron chi connectivity index (χ3n) is 8.39. The molecule has 0 unspecified atom stereocenters. The monoisotopic (exact) mass is 562 g/mol. The van der Waals surface area contributed by atoms with Crippen molar-refractivity contribution >= 4 is 38.9 Å². The van der Waals surface area contributed by atoms with E-state index in [1.54, 1.807) is 0 Å². The van der Waals surface area contributed by atoms with Gasteiger partial charge in [0.05, 0.1) is 11.0 Å². The van der Waals surface area contributed by atoms with E-state index in [9.17, 15) is 0 Å². The van der Waals surface area contributed by atoms with Crippen molar-refractivity contribution in [3.05, 3.63) is 182 Å². The molecule has 0 amide bonds. The average molecular weight is 563 g/mol. The SMILES string of the molecule is c1ccc(-c2ccc(N(c3ccccc3)c3ccc(-c4ccc5c6ccccc6n(-c6ccccc6)c5c4)cc3)cc2)cc1. The number of fused-ring (bicyclic) bond motifs is 3. The van der Waals surface area contributed by atoms with Crippen molar-refractivity contribution < 1.29 is 0 Å². The summed E-state index contributed by atoms with van der Waals surface area (Å²) < 4.78 is 2.37. The van der Waals surface area contributed by atoms with Gasteiger partial charge in [0.1, 0.15) is 0 Å². The van der Waals surface area contributed by atoms with Gasteiger partial charge in [0.25, 0.3) is 0 Å². The minimum Gasteiger partial charge on any atom is -0.311 e. The van der Waals surface area contributed by atoms with Crippen LogP contribution in [0.3, 0.4) is 0 Å². The fourth-order valence-corrected chi connectivity index (χ4v) is 6.27. The predicted octanol–water partition coefficient (Wildman–Crippen LogP) is 11.6. The third kappa shape index (κ3) is 4.63. The summed E-state index contributed by atoms with van der Waals surface area (Å²) in [6.07, 6.45) is 0. The van der Waals surface area contributed by atoms with Crippen molar-refractivity contribution in [2.75, 3.05) is 4.90 Å². The maximum atomic E-state index is 2.37. The molecular weight excluding hydrogens is 532 g/mol. The lowest BCUT2D eigenvalue weighted by Gasteiger charge is -2.26. The van der Waals surface area contributed by atoms with E-state index < -0.39 is 0 Å². The van der Waals surface area contributed by atoms with Crippen LogP contribution in [0.2, 0.25) is 0 Å². The molecule has 0 spiro atoms. The van der Waals surface area contributed by atoms with E-state index in [0.717, 1.165) is 17.1 Å². The van der Waals surface area contributed by atoms with Crippen molar-refractivity contribution in [2.24, 2.45) is 0 Å². The highest BCUT2D eigenvalue weighted by molar-refractivity contribution is 6.10. The summed E-state index contributed by atoms with van der Waals surface area (Å²) in [5.41, 5.74) is 11.8. The predicted molar refractivity (Wildman–Crippen MR) is 186 cm³/mol. The van der Waals surface area contributed by atoms with Crippen LogP contribution < -0.4 is 4.90 Å². The molecule has 0 bridgehead atoms. The zero-order chi connectivity index (χ0) is 29.3. The van der Waals surface area contributed by atoms with Crippen molar-refractivity contribution in [1.29, 1.82) is 0 Å². The van der Waals surface area contributed by atoms with E-state index in [1.807, 2.05) is 0 Å². The Bertz CT molecular complexity index is 2180. The zero-order valence-electron chi connectivity index (χ0n) is 24.2. The summed E-state index contributed by atoms with van der Waals surface area (Å²) in [5.74, 6) is 0. The van der Waals surface area contributed by atoms with Crippen molar-refractivity contribution in [1.82, 2.24) is 4.57 Å². The van der Waals surface area contributed by atoms with Crippen molar-refractivity contribution in [2.45, 2.75) is 0 Å². The minimum atomic E-state index is 1.12. The van der Waals surface area contributed by atoms with Gasteiger partial charge in [0, 0.05) is 33.5 Å². The molecule has 1 heterocycles. The van der Waals surface area contributed by atoms with E-state index >= 15 is 0 Å². The van der Waals surface area contributed by atoms with Crippen LogP contribution in [0.1, 0.15) is 0 Å². The Labute approximate surface area is 257 Å². The molecule has 44 heavy (non-hydrogen) atoms. The number of aromatic nitrogens is 1. The molecule has 0 N–H and O–H groups in total. The first-order valence-electron chi connectivity index (χ1n) is 15.0. The molecule has 0 radical (unpaired) electrons. The largest absolute Gasteiger partial charge is 0.311 e. The maximum Gasteiger partial charge on any atom is 0.0547 e. The number of nitrogens with zero attached hydrogens (tertiary/aromatic N) is 2. The second-order valence-corrected chi connectivity index (χ2v) is 11.1. The number of benzene rings is 7. The Hall–Kier alpha value is -5.86. The molecule has 1 aromatic heterocycles. The van der Waals surface area contributed by atoms with Gasteiger partial charge >= 0.3 is 0 Å². The van der Waals surface area contributed by atoms with Gasteiger partial charge in [-0.25, -0.2) is 0 Å². The average Bonchev–Trinajstić information content (AvgIpc) is 3.44. The summed E-state index contributed by atoms with van der Waals surface area (Å²) in [4.78, 5) is 2.31. The van der Waals surface area contributed by atoms with Crippen LogP contribution in [0.5, 0.6) is 0 Å². The first kappa shape index (κ1) is 25.8. The molecule has 0 aliphatic rings. The van der Waals surface area contributed by atoms with Gasteiger partial charge in [-0.05, 0) is 82.9 Å². The summed E-state index contributed by atoms with van der Waals surface area (Å²) in [5, 5.41) is 2.53. The number of hydrogen-bond donors (Lipinski definition) is 0. The molecule has 208 valence electrons. The topological polar surface area (TPSA) is 8.17 Å². The highest BCUT2D eigenvalue weighted by atomic mass is 15.1. The Balaban J connectivity index is 1.19. The fraction of sp³-hybridized carbons (Fsp3) is 0. The van der Waals surface area contributed by atoms with Crippen LogP contribution in [0.4, 0.5) is 17.1 Å². The second kappa shape index (κ2) is 11.1. The smallest absolute Gasteiger partial charge is 0.0547 e. The van der Waals surface area contributed by atoms with Gasteiger partial charge < -0.3 is 9.47 Å². The molecule has 8 aromatic rings. The Kier molecular flexibility index (Phi) is 6.51. The van der Waals surface area contributed by atoms with E-state index in [-0.39, 0.29) is 0 Å². The normalized spacial score (nSPS) is 11.2. The Morgan fingerprint density at radius 2 is 0.773 bits per heavy atom. The first-order chi connectivity index (χ1) is 21.8. The van der Waals surface area contributed by atoms with Crippen LogP contribution in [0, 0.1) is 0 Å². The van der Waals surface area contributed by atoms with Crippen molar-refractivity contribution in [3.8, 4) is 27.9 Å². The highest BCUT2D eigenvalue weighted by Crippen LogP contribution is 2.38. The van der Waals surface area contributed by atoms with E-state index in [2.05, 4.69) is 191 Å². The van der Waals surface area contributed by atoms with Gasteiger partial charge in [-0.1, -0.05) is 121 Å². The van der Waals surface area contributed by atoms with E-state index in [4.69, 9.17) is 0 Å². The van der Waals surface area contributed by atoms with Crippen LogP contribution in [-0.2, 0) is 0 Å². The standard InChI is InChI=1S/C42H30N2/c1-4-12-31(13-5-1)32-20-25-37(26-21-32)43(35-14-6-2-7-15-35)38-27-22-33(23-28-38)34-24-29-40-39-18-10-11-19-41(39)44(42(40)30-34)36-16-8-3-9-17-36/h1-30H. The summed E-state index contributed by atoms with van der Waals surface area (Å²) in [6, 6.07) is 65.0. The first-order valence-corrected chi connectivity index (χ1v) is 15.0. The molecule has 0 saturated heterocycles. The number of rotatable bonds is 6. The molecule has 0 fully saturated rings. The minimum absolute atomic E-state index is 1.12. The van der Waals surface area contributed by atoms with Crippen LogP contribution in [0.25, 0.3) is 49.7 Å². The second-order valence-electron chi connectivity index (χ2n) is 11.1. The number of hydrogen-bond acceptors (Lipinski definition) is 1. The van der Waals surface area contributed by atoms with Gasteiger partial charge in [-0.2, -0.15) is 0 Å². The summed E-state index contributed by atoms with van der Waals surface area (Å²) in [6.45, 7) is 0. The van der Waals surface area contributed by atoms with Crippen molar-refractivity contribution in [3.63, 3.8) is 0 Å². The molecule has 2 heteroatoms. The molecule has 0 aliphatic carbocycles. The number of anilines is 3. The lowest BCUT2D eigenvalue weighted by Crippen LogP contribution is -2.09. The fourth-order valence-electron chi connectivity index (χ4n) is 6.27. The Morgan fingerprint density at radius 1 is 0.318 bits per heavy atom. The molecule has 8 rings (SSSR count). The highest BCUT2D eigenvalue weighted by Gasteiger charge is 2.15. The molecule has 0 atom stereocenters. The van der Waals surface area contributed by atoms with Gasteiger partial charge in [0.15, 0.2) is 0 Å². The van der Waals surface area contributed by atoms with Crippen LogP contribution in [-0.4, -0.2) is 4.57 Å². The lowest BCUT2D eigenvalue weighted by molar-refractivity contribution is 1.18. The van der Waals surface area contributed by atoms with E-state index in [1.165, 1.54) is 49.7 Å². The van der Waals surface area contributed by atoms with Gasteiger partial charge in [0.2, 0.25) is 0 Å². The van der Waals surface area contributed by atoms with Gasteiger partial charge in [-0.15, -0.1) is 0 Å².